The van der Waals surface area contributed by atoms with Crippen LogP contribution in [0.15, 0.2) is 24.3 Å². The number of carbonyl (C=O) groups excluding carboxylic acids is 1. The summed E-state index contributed by atoms with van der Waals surface area (Å²) in [4.78, 5) is 11.2. The summed E-state index contributed by atoms with van der Waals surface area (Å²) in [5, 5.41) is 0. The van der Waals surface area contributed by atoms with Crippen molar-refractivity contribution in [3.8, 4) is 0 Å². The molecule has 0 aliphatic carbocycles. The third kappa shape index (κ3) is 3.61. The van der Waals surface area contributed by atoms with Crippen molar-refractivity contribution >= 4 is 18.4 Å². The number of carbonyl (C=O) groups is 1. The average Bonchev–Trinajstić information content (AvgIpc) is 2.25. The Bertz CT molecular complexity index is 395. The van der Waals surface area contributed by atoms with E-state index in [1.165, 1.54) is 18.2 Å². The minimum absolute atomic E-state index is 0. The maximum absolute atomic E-state index is 12.4. The Kier molecular flexibility index (Phi) is 5.44. The second kappa shape index (κ2) is 5.88. The highest BCUT2D eigenvalue weighted by Gasteiger charge is 2.39. The van der Waals surface area contributed by atoms with Crippen LogP contribution in [0.25, 0.3) is 0 Å². The van der Waals surface area contributed by atoms with E-state index in [-0.39, 0.29) is 23.5 Å². The summed E-state index contributed by atoms with van der Waals surface area (Å²) in [5.41, 5.74) is 4.57. The Labute approximate surface area is 102 Å². The molecule has 7 heteroatoms. The SMILES string of the molecule is COC(=O)c1ccccc1[C@H](N)C(F)(F)F.Cl. The van der Waals surface area contributed by atoms with Gasteiger partial charge in [0.05, 0.1) is 12.7 Å². The third-order valence-corrected chi connectivity index (χ3v) is 2.05. The molecule has 0 saturated heterocycles. The summed E-state index contributed by atoms with van der Waals surface area (Å²) in [6.45, 7) is 0. The standard InChI is InChI=1S/C10H10F3NO2.ClH/c1-16-9(15)7-5-3-2-4-6(7)8(14)10(11,12)13;/h2-5,8H,14H2,1H3;1H/t8-;/m0./s1. The van der Waals surface area contributed by atoms with Crippen LogP contribution >= 0.6 is 12.4 Å². The third-order valence-electron chi connectivity index (χ3n) is 2.05. The van der Waals surface area contributed by atoms with Crippen molar-refractivity contribution in [1.29, 1.82) is 0 Å². The summed E-state index contributed by atoms with van der Waals surface area (Å²) in [6.07, 6.45) is -4.59. The predicted octanol–water partition coefficient (Wildman–Crippen LogP) is 2.46. The minimum atomic E-state index is -4.59. The Morgan fingerprint density at radius 3 is 2.35 bits per heavy atom. The Hall–Kier alpha value is -1.27. The first-order valence-corrected chi connectivity index (χ1v) is 4.37. The zero-order chi connectivity index (χ0) is 12.3. The molecule has 0 heterocycles. The van der Waals surface area contributed by atoms with Gasteiger partial charge in [-0.15, -0.1) is 12.4 Å². The zero-order valence-electron chi connectivity index (χ0n) is 8.82. The van der Waals surface area contributed by atoms with E-state index in [9.17, 15) is 18.0 Å². The van der Waals surface area contributed by atoms with Crippen molar-refractivity contribution in [3.63, 3.8) is 0 Å². The van der Waals surface area contributed by atoms with Crippen LogP contribution in [0.4, 0.5) is 13.2 Å². The number of hydrogen-bond donors (Lipinski definition) is 1. The van der Waals surface area contributed by atoms with Crippen molar-refractivity contribution in [2.75, 3.05) is 7.11 Å². The lowest BCUT2D eigenvalue weighted by Gasteiger charge is -2.18. The van der Waals surface area contributed by atoms with E-state index in [1.807, 2.05) is 0 Å². The van der Waals surface area contributed by atoms with E-state index < -0.39 is 18.2 Å². The van der Waals surface area contributed by atoms with Crippen LogP contribution < -0.4 is 5.73 Å². The van der Waals surface area contributed by atoms with Gasteiger partial charge >= 0.3 is 12.1 Å². The molecule has 0 aliphatic rings. The smallest absolute Gasteiger partial charge is 0.407 e. The number of rotatable bonds is 2. The van der Waals surface area contributed by atoms with Crippen molar-refractivity contribution < 1.29 is 22.7 Å². The Morgan fingerprint density at radius 1 is 1.35 bits per heavy atom. The largest absolute Gasteiger partial charge is 0.465 e. The fourth-order valence-electron chi connectivity index (χ4n) is 1.24. The molecular formula is C10H11ClF3NO2. The maximum atomic E-state index is 12.4. The van der Waals surface area contributed by atoms with Crippen LogP contribution in [0.5, 0.6) is 0 Å². The Balaban J connectivity index is 0.00000256. The number of hydrogen-bond acceptors (Lipinski definition) is 3. The first-order valence-electron chi connectivity index (χ1n) is 4.37. The van der Waals surface area contributed by atoms with E-state index in [1.54, 1.807) is 0 Å². The highest BCUT2D eigenvalue weighted by molar-refractivity contribution is 5.91. The summed E-state index contributed by atoms with van der Waals surface area (Å²) in [6, 6.07) is 3.03. The molecule has 1 aromatic rings. The number of alkyl halides is 3. The molecular weight excluding hydrogens is 259 g/mol. The van der Waals surface area contributed by atoms with Gasteiger partial charge < -0.3 is 10.5 Å². The molecule has 0 saturated carbocycles. The molecule has 96 valence electrons. The lowest BCUT2D eigenvalue weighted by molar-refractivity contribution is -0.149. The summed E-state index contributed by atoms with van der Waals surface area (Å²) >= 11 is 0. The molecule has 0 bridgehead atoms. The van der Waals surface area contributed by atoms with Gasteiger partial charge in [0.1, 0.15) is 6.04 Å². The normalized spacial score (nSPS) is 12.5. The molecule has 0 fully saturated rings. The van der Waals surface area contributed by atoms with Crippen LogP contribution in [0, 0.1) is 0 Å². The quantitative estimate of drug-likeness (QED) is 0.839. The molecule has 0 aliphatic heterocycles. The van der Waals surface area contributed by atoms with E-state index in [2.05, 4.69) is 4.74 Å². The molecule has 0 aromatic heterocycles. The first-order chi connectivity index (χ1) is 7.38. The molecule has 2 N–H and O–H groups in total. The zero-order valence-corrected chi connectivity index (χ0v) is 9.64. The second-order valence-corrected chi connectivity index (χ2v) is 3.10. The Morgan fingerprint density at radius 2 is 1.88 bits per heavy atom. The van der Waals surface area contributed by atoms with Crippen LogP contribution in [0.2, 0.25) is 0 Å². The van der Waals surface area contributed by atoms with Crippen molar-refractivity contribution in [2.24, 2.45) is 5.73 Å². The topological polar surface area (TPSA) is 52.3 Å². The number of nitrogens with two attached hydrogens (primary N) is 1. The first kappa shape index (κ1) is 15.7. The van der Waals surface area contributed by atoms with Crippen LogP contribution in [0.3, 0.4) is 0 Å². The van der Waals surface area contributed by atoms with Crippen LogP contribution in [-0.2, 0) is 4.74 Å². The molecule has 0 unspecified atom stereocenters. The average molecular weight is 270 g/mol. The van der Waals surface area contributed by atoms with Gasteiger partial charge in [-0.25, -0.2) is 4.79 Å². The van der Waals surface area contributed by atoms with E-state index in [0.717, 1.165) is 13.2 Å². The van der Waals surface area contributed by atoms with Gasteiger partial charge in [0.2, 0.25) is 0 Å². The summed E-state index contributed by atoms with van der Waals surface area (Å²) < 4.78 is 41.6. The van der Waals surface area contributed by atoms with E-state index in [0.29, 0.717) is 0 Å². The second-order valence-electron chi connectivity index (χ2n) is 3.10. The fourth-order valence-corrected chi connectivity index (χ4v) is 1.24. The number of methoxy groups -OCH3 is 1. The van der Waals surface area contributed by atoms with Gasteiger partial charge in [-0.05, 0) is 11.6 Å². The minimum Gasteiger partial charge on any atom is -0.465 e. The van der Waals surface area contributed by atoms with E-state index >= 15 is 0 Å². The molecule has 0 radical (unpaired) electrons. The molecule has 0 spiro atoms. The highest BCUT2D eigenvalue weighted by atomic mass is 35.5. The van der Waals surface area contributed by atoms with Crippen molar-refractivity contribution in [1.82, 2.24) is 0 Å². The lowest BCUT2D eigenvalue weighted by atomic mass is 10.0. The van der Waals surface area contributed by atoms with Crippen LogP contribution in [-0.4, -0.2) is 19.3 Å². The lowest BCUT2D eigenvalue weighted by Crippen LogP contribution is -2.30. The van der Waals surface area contributed by atoms with Gasteiger partial charge in [0.25, 0.3) is 0 Å². The van der Waals surface area contributed by atoms with Crippen LogP contribution in [0.1, 0.15) is 22.0 Å². The number of esters is 1. The molecule has 3 nitrogen and oxygen atoms in total. The molecule has 1 aromatic carbocycles. The molecule has 1 rings (SSSR count). The molecule has 0 amide bonds. The number of benzene rings is 1. The fraction of sp³-hybridized carbons (Fsp3) is 0.300. The van der Waals surface area contributed by atoms with Gasteiger partial charge in [0, 0.05) is 0 Å². The molecule has 17 heavy (non-hydrogen) atoms. The van der Waals surface area contributed by atoms with Crippen molar-refractivity contribution in [2.45, 2.75) is 12.2 Å². The number of halogens is 4. The molecule has 1 atom stereocenters. The summed E-state index contributed by atoms with van der Waals surface area (Å²) in [5.74, 6) is -0.838. The van der Waals surface area contributed by atoms with Gasteiger partial charge in [-0.1, -0.05) is 18.2 Å². The van der Waals surface area contributed by atoms with E-state index in [4.69, 9.17) is 5.73 Å². The maximum Gasteiger partial charge on any atom is 0.407 e. The number of ether oxygens (including phenoxy) is 1. The highest BCUT2D eigenvalue weighted by Crippen LogP contribution is 2.32. The summed E-state index contributed by atoms with van der Waals surface area (Å²) in [7, 11) is 1.10. The van der Waals surface area contributed by atoms with Gasteiger partial charge in [-0.3, -0.25) is 0 Å². The monoisotopic (exact) mass is 269 g/mol. The van der Waals surface area contributed by atoms with Gasteiger partial charge in [-0.2, -0.15) is 13.2 Å². The van der Waals surface area contributed by atoms with Crippen molar-refractivity contribution in [3.05, 3.63) is 35.4 Å². The predicted molar refractivity (Wildman–Crippen MR) is 58.0 cm³/mol. The van der Waals surface area contributed by atoms with Gasteiger partial charge in [0.15, 0.2) is 0 Å².